The van der Waals surface area contributed by atoms with Crippen molar-refractivity contribution in [3.05, 3.63) is 125 Å². The van der Waals surface area contributed by atoms with Gasteiger partial charge in [-0.1, -0.05) is 60.7 Å². The third-order valence-corrected chi connectivity index (χ3v) is 13.7. The third kappa shape index (κ3) is 8.51. The van der Waals surface area contributed by atoms with Crippen molar-refractivity contribution in [3.8, 4) is 11.3 Å². The zero-order valence-electron chi connectivity index (χ0n) is 35.6. The molecule has 3 aliphatic heterocycles. The minimum absolute atomic E-state index is 0.0287. The van der Waals surface area contributed by atoms with Gasteiger partial charge in [0.1, 0.15) is 41.1 Å². The first-order valence-electron chi connectivity index (χ1n) is 22.9. The highest BCUT2D eigenvalue weighted by atomic mass is 19.1. The predicted octanol–water partition coefficient (Wildman–Crippen LogP) is 7.32. The van der Waals surface area contributed by atoms with E-state index in [0.29, 0.717) is 73.9 Å². The van der Waals surface area contributed by atoms with Crippen LogP contribution in [0.5, 0.6) is 0 Å². The summed E-state index contributed by atoms with van der Waals surface area (Å²) < 4.78 is 31.9. The number of carbonyl (C=O) groups excluding carboxylic acids is 4. The second-order valence-electron chi connectivity index (χ2n) is 18.1. The Bertz CT molecular complexity index is 2490. The molecular weight excluding hydrogens is 817 g/mol. The molecule has 2 aliphatic carbocycles. The predicted molar refractivity (Wildman–Crippen MR) is 234 cm³/mol. The fourth-order valence-electron chi connectivity index (χ4n) is 9.86. The SMILES string of the molecule is O=C(N[C@@H](C(=O)N1CCC[C@H]1c1ncc(-c2cc(F)c(N3CCC(c4cnc([C@@H]5CCCN5C(=O)[C@H](NC(=O)C5CC5)c5ccccc5)[nH]4)CC3)c(F)c2)[nH]1)c1ccccc1)C1CC1. The highest BCUT2D eigenvalue weighted by Crippen LogP contribution is 2.39. The number of amides is 4. The van der Waals surface area contributed by atoms with Crippen LogP contribution in [0.3, 0.4) is 0 Å². The number of carbonyl (C=O) groups is 4. The Kier molecular flexibility index (Phi) is 11.5. The first kappa shape index (κ1) is 41.6. The first-order valence-corrected chi connectivity index (χ1v) is 22.9. The maximum atomic E-state index is 16.0. The number of aromatic nitrogens is 4. The number of hydrogen-bond donors (Lipinski definition) is 4. The smallest absolute Gasteiger partial charge is 0.250 e. The van der Waals surface area contributed by atoms with E-state index in [9.17, 15) is 19.2 Å². The zero-order chi connectivity index (χ0) is 43.9. The lowest BCUT2D eigenvalue weighted by Crippen LogP contribution is -2.43. The first-order chi connectivity index (χ1) is 31.2. The molecule has 3 aromatic carbocycles. The molecule has 0 bridgehead atoms. The molecule has 4 atom stereocenters. The lowest BCUT2D eigenvalue weighted by Gasteiger charge is -2.33. The minimum Gasteiger partial charge on any atom is -0.367 e. The number of rotatable bonds is 13. The molecule has 13 nitrogen and oxygen atoms in total. The number of H-pyrrole nitrogens is 2. The molecular formula is C49H53F2N9O4. The van der Waals surface area contributed by atoms with Crippen molar-refractivity contribution in [2.75, 3.05) is 31.1 Å². The molecule has 0 spiro atoms. The van der Waals surface area contributed by atoms with E-state index in [2.05, 4.69) is 25.6 Å². The summed E-state index contributed by atoms with van der Waals surface area (Å²) in [5.74, 6) is -0.662. The Morgan fingerprint density at radius 1 is 0.609 bits per heavy atom. The number of nitrogens with zero attached hydrogens (tertiary/aromatic N) is 5. The van der Waals surface area contributed by atoms with Crippen molar-refractivity contribution in [2.45, 2.75) is 94.3 Å². The van der Waals surface area contributed by atoms with E-state index < -0.39 is 23.7 Å². The van der Waals surface area contributed by atoms with Crippen LogP contribution in [0, 0.1) is 23.5 Å². The molecule has 332 valence electrons. The highest BCUT2D eigenvalue weighted by molar-refractivity contribution is 5.91. The molecule has 3 saturated heterocycles. The van der Waals surface area contributed by atoms with Gasteiger partial charge < -0.3 is 35.3 Å². The number of halogens is 2. The van der Waals surface area contributed by atoms with Crippen LogP contribution in [-0.2, 0) is 19.2 Å². The zero-order valence-corrected chi connectivity index (χ0v) is 35.6. The van der Waals surface area contributed by atoms with Gasteiger partial charge in [0.05, 0.1) is 24.0 Å². The van der Waals surface area contributed by atoms with Crippen molar-refractivity contribution in [1.82, 2.24) is 40.4 Å². The molecule has 4 N–H and O–H groups in total. The summed E-state index contributed by atoms with van der Waals surface area (Å²) in [4.78, 5) is 75.3. The van der Waals surface area contributed by atoms with Crippen molar-refractivity contribution >= 4 is 29.3 Å². The summed E-state index contributed by atoms with van der Waals surface area (Å²) in [5, 5.41) is 6.01. The fourth-order valence-corrected chi connectivity index (χ4v) is 9.86. The molecule has 0 radical (unpaired) electrons. The van der Waals surface area contributed by atoms with E-state index in [1.165, 1.54) is 12.1 Å². The quantitative estimate of drug-likeness (QED) is 0.0965. The van der Waals surface area contributed by atoms with E-state index in [-0.39, 0.29) is 59.2 Å². The lowest BCUT2D eigenvalue weighted by atomic mass is 9.93. The van der Waals surface area contributed by atoms with Gasteiger partial charge in [0.2, 0.25) is 23.6 Å². The molecule has 5 fully saturated rings. The van der Waals surface area contributed by atoms with Gasteiger partial charge in [0.25, 0.3) is 0 Å². The maximum absolute atomic E-state index is 16.0. The molecule has 5 aliphatic rings. The van der Waals surface area contributed by atoms with Crippen LogP contribution in [0.15, 0.2) is 85.2 Å². The molecule has 5 aromatic rings. The summed E-state index contributed by atoms with van der Waals surface area (Å²) in [7, 11) is 0. The number of benzene rings is 3. The number of piperidine rings is 1. The molecule has 10 rings (SSSR count). The number of aromatic amines is 2. The maximum Gasteiger partial charge on any atom is 0.250 e. The lowest BCUT2D eigenvalue weighted by molar-refractivity contribution is -0.138. The van der Waals surface area contributed by atoms with E-state index >= 15 is 8.78 Å². The second-order valence-corrected chi connectivity index (χ2v) is 18.1. The number of nitrogens with one attached hydrogen (secondary N) is 4. The molecule has 64 heavy (non-hydrogen) atoms. The summed E-state index contributed by atoms with van der Waals surface area (Å²) in [6.45, 7) is 1.93. The van der Waals surface area contributed by atoms with Gasteiger partial charge in [0, 0.05) is 61.4 Å². The number of anilines is 1. The van der Waals surface area contributed by atoms with Crippen LogP contribution in [0.2, 0.25) is 0 Å². The van der Waals surface area contributed by atoms with Gasteiger partial charge >= 0.3 is 0 Å². The average molecular weight is 870 g/mol. The number of imidazole rings is 2. The van der Waals surface area contributed by atoms with E-state index in [4.69, 9.17) is 4.98 Å². The molecule has 4 amide bonds. The Morgan fingerprint density at radius 2 is 1.09 bits per heavy atom. The van der Waals surface area contributed by atoms with Crippen LogP contribution in [0.25, 0.3) is 11.3 Å². The van der Waals surface area contributed by atoms with Crippen LogP contribution >= 0.6 is 0 Å². The van der Waals surface area contributed by atoms with Gasteiger partial charge in [-0.05, 0) is 87.5 Å². The van der Waals surface area contributed by atoms with Gasteiger partial charge in [0.15, 0.2) is 0 Å². The molecule has 2 saturated carbocycles. The number of hydrogen-bond acceptors (Lipinski definition) is 7. The Balaban J connectivity index is 0.784. The van der Waals surface area contributed by atoms with Gasteiger partial charge in [-0.15, -0.1) is 0 Å². The van der Waals surface area contributed by atoms with E-state index in [1.54, 1.807) is 16.0 Å². The van der Waals surface area contributed by atoms with Gasteiger partial charge in [-0.3, -0.25) is 19.2 Å². The third-order valence-electron chi connectivity index (χ3n) is 13.7. The molecule has 2 aromatic heterocycles. The second kappa shape index (κ2) is 17.6. The topological polar surface area (TPSA) is 159 Å². The monoisotopic (exact) mass is 869 g/mol. The van der Waals surface area contributed by atoms with Crippen molar-refractivity contribution in [2.24, 2.45) is 11.8 Å². The van der Waals surface area contributed by atoms with Crippen LogP contribution in [0.4, 0.5) is 14.5 Å². The van der Waals surface area contributed by atoms with Gasteiger partial charge in [-0.25, -0.2) is 18.7 Å². The largest absolute Gasteiger partial charge is 0.367 e. The highest BCUT2D eigenvalue weighted by Gasteiger charge is 2.41. The fraction of sp³-hybridized carbons (Fsp3) is 0.429. The average Bonchev–Trinajstić information content (AvgIpc) is 4.07. The Hall–Kier alpha value is -6.38. The summed E-state index contributed by atoms with van der Waals surface area (Å²) >= 11 is 0. The van der Waals surface area contributed by atoms with Crippen LogP contribution in [0.1, 0.15) is 123 Å². The molecule has 5 heterocycles. The normalized spacial score (nSPS) is 21.2. The molecule has 0 unspecified atom stereocenters. The van der Waals surface area contributed by atoms with Crippen molar-refractivity contribution in [3.63, 3.8) is 0 Å². The Labute approximate surface area is 370 Å². The summed E-state index contributed by atoms with van der Waals surface area (Å²) in [6, 6.07) is 19.0. The van der Waals surface area contributed by atoms with E-state index in [0.717, 1.165) is 56.2 Å². The van der Waals surface area contributed by atoms with Gasteiger partial charge in [-0.2, -0.15) is 0 Å². The minimum atomic E-state index is -0.825. The van der Waals surface area contributed by atoms with Crippen LogP contribution in [-0.4, -0.2) is 79.5 Å². The van der Waals surface area contributed by atoms with E-state index in [1.807, 2.05) is 71.8 Å². The number of likely N-dealkylation sites (tertiary alicyclic amines) is 2. The summed E-state index contributed by atoms with van der Waals surface area (Å²) in [5.41, 5.74) is 3.08. The van der Waals surface area contributed by atoms with Crippen molar-refractivity contribution < 1.29 is 28.0 Å². The Morgan fingerprint density at radius 3 is 1.59 bits per heavy atom. The van der Waals surface area contributed by atoms with Crippen molar-refractivity contribution in [1.29, 1.82) is 0 Å². The molecule has 15 heteroatoms. The van der Waals surface area contributed by atoms with Crippen LogP contribution < -0.4 is 15.5 Å². The standard InChI is InChI=1S/C49H53F2N9O4/c50-35-25-34(38-28-53-45(55-38)40-14-8-22-60(40)49(64)42(31-11-5-2-6-12-31)57-47(62)33-17-18-33)26-36(51)43(35)58-23-19-29(20-24-58)37-27-52-44(54-37)39-13-7-21-59(39)48(63)41(30-9-3-1-4-10-30)56-46(61)32-15-16-32/h1-6,9-12,25-29,32-33,39-42H,7-8,13-24H2,(H,52,54)(H,53,55)(H,56,61)(H,57,62)/t39-,40-,41+,42+/m0/s1. The summed E-state index contributed by atoms with van der Waals surface area (Å²) in [6.07, 6.45) is 11.0.